The maximum Gasteiger partial charge on any atom is 0.213 e. The molecule has 1 saturated carbocycles. The van der Waals surface area contributed by atoms with Crippen LogP contribution in [0.5, 0.6) is 0 Å². The molecule has 1 aliphatic rings. The first-order valence-corrected chi connectivity index (χ1v) is 6.39. The van der Waals surface area contributed by atoms with Crippen LogP contribution in [0.2, 0.25) is 0 Å². The van der Waals surface area contributed by atoms with E-state index in [0.29, 0.717) is 12.5 Å². The molecule has 13 heavy (non-hydrogen) atoms. The van der Waals surface area contributed by atoms with Gasteiger partial charge in [-0.15, -0.1) is 0 Å². The summed E-state index contributed by atoms with van der Waals surface area (Å²) >= 11 is 0. The molecule has 0 bridgehead atoms. The van der Waals surface area contributed by atoms with E-state index in [2.05, 4.69) is 17.0 Å². The Morgan fingerprint density at radius 1 is 1.46 bits per heavy atom. The smallest absolute Gasteiger partial charge is 0.213 e. The van der Waals surface area contributed by atoms with Crippen molar-refractivity contribution in [2.45, 2.75) is 25.8 Å². The Morgan fingerprint density at radius 3 is 2.62 bits per heavy atom. The van der Waals surface area contributed by atoms with Crippen LogP contribution in [0.15, 0.2) is 0 Å². The Balaban J connectivity index is 2.27. The van der Waals surface area contributed by atoms with Gasteiger partial charge in [0.2, 0.25) is 10.0 Å². The Bertz CT molecular complexity index is 251. The molecule has 2 atom stereocenters. The van der Waals surface area contributed by atoms with Gasteiger partial charge in [0, 0.05) is 12.6 Å². The van der Waals surface area contributed by atoms with Gasteiger partial charge in [-0.25, -0.2) is 13.1 Å². The molecule has 4 nitrogen and oxygen atoms in total. The van der Waals surface area contributed by atoms with Crippen LogP contribution in [0, 0.1) is 5.92 Å². The van der Waals surface area contributed by atoms with Gasteiger partial charge < -0.3 is 5.32 Å². The molecule has 5 heteroatoms. The topological polar surface area (TPSA) is 58.2 Å². The lowest BCUT2D eigenvalue weighted by atomic mass is 10.3. The summed E-state index contributed by atoms with van der Waals surface area (Å²) < 4.78 is 25.4. The van der Waals surface area contributed by atoms with Crippen molar-refractivity contribution in [1.82, 2.24) is 10.0 Å². The molecule has 78 valence electrons. The minimum absolute atomic E-state index is 0.177. The highest BCUT2D eigenvalue weighted by atomic mass is 32.2. The van der Waals surface area contributed by atoms with Gasteiger partial charge >= 0.3 is 0 Å². The van der Waals surface area contributed by atoms with E-state index in [1.165, 1.54) is 0 Å². The van der Waals surface area contributed by atoms with Gasteiger partial charge in [0.05, 0.1) is 5.75 Å². The Morgan fingerprint density at radius 2 is 2.15 bits per heavy atom. The Kier molecular flexibility index (Phi) is 3.70. The van der Waals surface area contributed by atoms with Crippen LogP contribution in [0.25, 0.3) is 0 Å². The van der Waals surface area contributed by atoms with Crippen LogP contribution in [-0.4, -0.2) is 33.8 Å². The molecule has 0 spiro atoms. The fourth-order valence-corrected chi connectivity index (χ4v) is 2.71. The monoisotopic (exact) mass is 206 g/mol. The van der Waals surface area contributed by atoms with Crippen molar-refractivity contribution >= 4 is 10.0 Å². The quantitative estimate of drug-likeness (QED) is 0.639. The molecule has 0 heterocycles. The van der Waals surface area contributed by atoms with Crippen LogP contribution in [0.4, 0.5) is 0 Å². The van der Waals surface area contributed by atoms with E-state index in [1.54, 1.807) is 7.05 Å². The summed E-state index contributed by atoms with van der Waals surface area (Å²) in [6.45, 7) is 2.60. The van der Waals surface area contributed by atoms with Crippen LogP contribution in [0.1, 0.15) is 19.8 Å². The summed E-state index contributed by atoms with van der Waals surface area (Å²) in [6.07, 6.45) is 2.08. The van der Waals surface area contributed by atoms with E-state index >= 15 is 0 Å². The van der Waals surface area contributed by atoms with Gasteiger partial charge in [-0.3, -0.25) is 0 Å². The maximum atomic E-state index is 11.4. The first-order valence-electron chi connectivity index (χ1n) is 4.73. The van der Waals surface area contributed by atoms with Crippen LogP contribution in [-0.2, 0) is 10.0 Å². The van der Waals surface area contributed by atoms with Crippen molar-refractivity contribution < 1.29 is 8.42 Å². The summed E-state index contributed by atoms with van der Waals surface area (Å²) in [6, 6.07) is 0.215. The molecule has 0 saturated heterocycles. The van der Waals surface area contributed by atoms with Gasteiger partial charge in [-0.05, 0) is 19.4 Å². The third kappa shape index (κ3) is 3.62. The molecule has 1 aliphatic carbocycles. The Labute approximate surface area is 80.1 Å². The zero-order chi connectivity index (χ0) is 9.90. The largest absolute Gasteiger partial charge is 0.319 e. The molecule has 0 aromatic rings. The summed E-state index contributed by atoms with van der Waals surface area (Å²) in [5.41, 5.74) is 0. The van der Waals surface area contributed by atoms with Crippen molar-refractivity contribution in [1.29, 1.82) is 0 Å². The van der Waals surface area contributed by atoms with Crippen molar-refractivity contribution in [3.8, 4) is 0 Å². The molecule has 0 amide bonds. The highest BCUT2D eigenvalue weighted by molar-refractivity contribution is 7.89. The van der Waals surface area contributed by atoms with Gasteiger partial charge in [0.1, 0.15) is 0 Å². The first kappa shape index (κ1) is 10.9. The van der Waals surface area contributed by atoms with Gasteiger partial charge in [-0.1, -0.05) is 13.3 Å². The number of rotatable bonds is 6. The average Bonchev–Trinajstić information content (AvgIpc) is 2.79. The molecule has 1 fully saturated rings. The third-order valence-corrected chi connectivity index (χ3v) is 3.80. The average molecular weight is 206 g/mol. The van der Waals surface area contributed by atoms with E-state index in [4.69, 9.17) is 0 Å². The van der Waals surface area contributed by atoms with Crippen LogP contribution >= 0.6 is 0 Å². The molecular formula is C8H18N2O2S. The lowest BCUT2D eigenvalue weighted by Crippen LogP contribution is -2.33. The second-order valence-corrected chi connectivity index (χ2v) is 5.42. The van der Waals surface area contributed by atoms with E-state index in [0.717, 1.165) is 12.8 Å². The highest BCUT2D eigenvalue weighted by Crippen LogP contribution is 2.33. The SMILES string of the molecule is CCC1CC1NS(=O)(=O)CCNC. The predicted molar refractivity (Wildman–Crippen MR) is 53.0 cm³/mol. The fourth-order valence-electron chi connectivity index (χ4n) is 1.37. The van der Waals surface area contributed by atoms with Gasteiger partial charge in [-0.2, -0.15) is 0 Å². The lowest BCUT2D eigenvalue weighted by Gasteiger charge is -2.04. The number of hydrogen-bond acceptors (Lipinski definition) is 3. The second kappa shape index (κ2) is 4.39. The van der Waals surface area contributed by atoms with Crippen molar-refractivity contribution in [2.24, 2.45) is 5.92 Å². The fraction of sp³-hybridized carbons (Fsp3) is 1.00. The minimum Gasteiger partial charge on any atom is -0.319 e. The van der Waals surface area contributed by atoms with Gasteiger partial charge in [0.25, 0.3) is 0 Å². The zero-order valence-electron chi connectivity index (χ0n) is 8.21. The summed E-state index contributed by atoms with van der Waals surface area (Å²) in [7, 11) is -1.28. The molecule has 2 unspecified atom stereocenters. The van der Waals surface area contributed by atoms with E-state index in [1.807, 2.05) is 0 Å². The van der Waals surface area contributed by atoms with Crippen molar-refractivity contribution in [3.05, 3.63) is 0 Å². The van der Waals surface area contributed by atoms with Crippen molar-refractivity contribution in [2.75, 3.05) is 19.3 Å². The third-order valence-electron chi connectivity index (χ3n) is 2.40. The molecule has 0 radical (unpaired) electrons. The molecule has 0 aromatic carbocycles. The molecular weight excluding hydrogens is 188 g/mol. The van der Waals surface area contributed by atoms with E-state index in [-0.39, 0.29) is 11.8 Å². The summed E-state index contributed by atoms with van der Waals surface area (Å²) in [4.78, 5) is 0. The van der Waals surface area contributed by atoms with Crippen molar-refractivity contribution in [3.63, 3.8) is 0 Å². The van der Waals surface area contributed by atoms with E-state index < -0.39 is 10.0 Å². The standard InChI is InChI=1S/C8H18N2O2S/c1-3-7-6-8(7)10-13(11,12)5-4-9-2/h7-10H,3-6H2,1-2H3. The highest BCUT2D eigenvalue weighted by Gasteiger charge is 2.37. The van der Waals surface area contributed by atoms with Crippen LogP contribution in [0.3, 0.4) is 0 Å². The normalized spacial score (nSPS) is 27.5. The molecule has 1 rings (SSSR count). The molecule has 0 aliphatic heterocycles. The summed E-state index contributed by atoms with van der Waals surface area (Å²) in [5.74, 6) is 0.751. The number of hydrogen-bond donors (Lipinski definition) is 2. The van der Waals surface area contributed by atoms with E-state index in [9.17, 15) is 8.42 Å². The number of nitrogens with one attached hydrogen (secondary N) is 2. The number of sulfonamides is 1. The lowest BCUT2D eigenvalue weighted by molar-refractivity contribution is 0.573. The second-order valence-electron chi connectivity index (χ2n) is 3.55. The zero-order valence-corrected chi connectivity index (χ0v) is 9.02. The first-order chi connectivity index (χ1) is 6.09. The summed E-state index contributed by atoms with van der Waals surface area (Å²) in [5, 5.41) is 2.82. The van der Waals surface area contributed by atoms with Crippen LogP contribution < -0.4 is 10.0 Å². The molecule has 0 aromatic heterocycles. The minimum atomic E-state index is -3.04. The Hall–Kier alpha value is -0.130. The predicted octanol–water partition coefficient (Wildman–Crippen LogP) is -0.0763. The van der Waals surface area contributed by atoms with Gasteiger partial charge in [0.15, 0.2) is 0 Å². The molecule has 2 N–H and O–H groups in total. The maximum absolute atomic E-state index is 11.4.